The normalized spacial score (nSPS) is 26.3. The summed E-state index contributed by atoms with van der Waals surface area (Å²) in [5, 5.41) is 30.0. The summed E-state index contributed by atoms with van der Waals surface area (Å²) in [6.07, 6.45) is 14.9. The third kappa shape index (κ3) is 6.71. The van der Waals surface area contributed by atoms with Crippen LogP contribution in [-0.4, -0.2) is 51.5 Å². The molecule has 6 aromatic rings. The van der Waals surface area contributed by atoms with Gasteiger partial charge >= 0.3 is 5.97 Å². The number of aliphatic hydroxyl groups is 1. The van der Waals surface area contributed by atoms with Crippen LogP contribution in [0.3, 0.4) is 0 Å². The van der Waals surface area contributed by atoms with Gasteiger partial charge in [-0.25, -0.2) is 0 Å². The van der Waals surface area contributed by atoms with Crippen molar-refractivity contribution in [2.75, 3.05) is 0 Å². The van der Waals surface area contributed by atoms with E-state index in [9.17, 15) is 9.90 Å². The Morgan fingerprint density at radius 1 is 0.596 bits per heavy atom. The molecule has 6 aliphatic carbocycles. The molecule has 12 rings (SSSR count). The quantitative estimate of drug-likeness (QED) is 0.157. The van der Waals surface area contributed by atoms with E-state index in [-0.39, 0.29) is 22.4 Å². The summed E-state index contributed by atoms with van der Waals surface area (Å²) in [7, 11) is 0. The van der Waals surface area contributed by atoms with Crippen LogP contribution in [0, 0.1) is 13.8 Å². The second kappa shape index (κ2) is 14.3. The number of ether oxygens (including phenoxy) is 3. The van der Waals surface area contributed by atoms with Crippen molar-refractivity contribution in [1.82, 2.24) is 29.2 Å². The van der Waals surface area contributed by atoms with Crippen molar-refractivity contribution in [2.24, 2.45) is 0 Å². The predicted octanol–water partition coefficient (Wildman–Crippen LogP) is 10.2. The van der Waals surface area contributed by atoms with Crippen LogP contribution in [0.5, 0.6) is 23.0 Å². The zero-order chi connectivity index (χ0) is 39.6. The summed E-state index contributed by atoms with van der Waals surface area (Å²) < 4.78 is 22.1. The first-order chi connectivity index (χ1) is 27.4. The molecule has 13 heteroatoms. The second-order valence-electron chi connectivity index (χ2n) is 16.7. The molecule has 1 N–H and O–H groups in total. The molecular weight excluding hydrogens is 763 g/mol. The minimum atomic E-state index is -0.458. The SMILES string of the molecule is CC(=O)OC12CCC(c3nnc4c(Oc5cccc(Cl)c5C)cccn34)(CC1)CC2.Cc1c(Cl)cccc1Oc1cccn2c(C34CCC(O)(CC3)CC4)nnc12. The van der Waals surface area contributed by atoms with Crippen molar-refractivity contribution in [3.63, 3.8) is 0 Å². The van der Waals surface area contributed by atoms with Crippen molar-refractivity contribution < 1.29 is 24.1 Å². The molecular formula is C44H46Cl2N6O5. The lowest BCUT2D eigenvalue weighted by Gasteiger charge is -2.51. The van der Waals surface area contributed by atoms with E-state index in [0.29, 0.717) is 38.6 Å². The number of aromatic nitrogens is 6. The van der Waals surface area contributed by atoms with E-state index in [2.05, 4.69) is 29.2 Å². The molecule has 4 heterocycles. The molecule has 0 spiro atoms. The molecule has 0 saturated heterocycles. The predicted molar refractivity (Wildman–Crippen MR) is 217 cm³/mol. The molecule has 11 nitrogen and oxygen atoms in total. The number of carbonyl (C=O) groups is 1. The van der Waals surface area contributed by atoms with Gasteiger partial charge in [0.1, 0.15) is 28.7 Å². The van der Waals surface area contributed by atoms with Crippen molar-refractivity contribution in [3.05, 3.63) is 106 Å². The molecule has 0 atom stereocenters. The smallest absolute Gasteiger partial charge is 0.303 e. The van der Waals surface area contributed by atoms with Gasteiger partial charge in [0.05, 0.1) is 5.60 Å². The number of nitrogens with zero attached hydrogens (tertiary/aromatic N) is 6. The Bertz CT molecular complexity index is 2460. The Labute approximate surface area is 341 Å². The highest BCUT2D eigenvalue weighted by atomic mass is 35.5. The number of esters is 1. The van der Waals surface area contributed by atoms with Crippen LogP contribution in [0.25, 0.3) is 11.3 Å². The highest BCUT2D eigenvalue weighted by Gasteiger charge is 2.53. The lowest BCUT2D eigenvalue weighted by molar-refractivity contribution is -0.170. The van der Waals surface area contributed by atoms with Gasteiger partial charge < -0.3 is 19.3 Å². The molecule has 0 amide bonds. The fraction of sp³-hybridized carbons (Fsp3) is 0.432. The van der Waals surface area contributed by atoms with Crippen LogP contribution in [0.4, 0.5) is 0 Å². The van der Waals surface area contributed by atoms with Gasteiger partial charge in [0.15, 0.2) is 11.5 Å². The van der Waals surface area contributed by atoms with Gasteiger partial charge in [-0.15, -0.1) is 20.4 Å². The first-order valence-electron chi connectivity index (χ1n) is 19.9. The average molecular weight is 810 g/mol. The van der Waals surface area contributed by atoms with Gasteiger partial charge in [-0.2, -0.15) is 0 Å². The Kier molecular flexibility index (Phi) is 9.48. The maximum atomic E-state index is 11.5. The molecule has 6 saturated carbocycles. The number of carbonyl (C=O) groups excluding carboxylic acids is 1. The monoisotopic (exact) mass is 808 g/mol. The van der Waals surface area contributed by atoms with E-state index in [1.165, 1.54) is 6.92 Å². The summed E-state index contributed by atoms with van der Waals surface area (Å²) in [5.41, 5.74) is 2.43. The molecule has 0 aliphatic heterocycles. The number of hydrogen-bond acceptors (Lipinski definition) is 9. The Balaban J connectivity index is 0.000000149. The highest BCUT2D eigenvalue weighted by molar-refractivity contribution is 6.31. The zero-order valence-electron chi connectivity index (χ0n) is 32.4. The van der Waals surface area contributed by atoms with E-state index < -0.39 is 5.60 Å². The van der Waals surface area contributed by atoms with Gasteiger partial charge in [-0.3, -0.25) is 13.6 Å². The first-order valence-corrected chi connectivity index (χ1v) is 20.6. The average Bonchev–Trinajstić information content (AvgIpc) is 3.87. The number of pyridine rings is 2. The molecule has 4 bridgehead atoms. The standard InChI is InChI=1S/C23H24ClN3O3.C21H22ClN3O2/c1-15-17(24)5-3-6-18(15)29-19-7-4-14-27-20(19)25-26-21(27)22-8-11-23(12-9-22,13-10-22)30-16(2)28;1-14-15(22)4-2-5-16(14)27-17-6-3-13-25-18(17)23-24-19(25)20-7-10-21(26,11-8-20)12-9-20/h3-7,14H,8-13H2,1-2H3;2-6,13,26H,7-12H2,1H3. The summed E-state index contributed by atoms with van der Waals surface area (Å²) >= 11 is 12.5. The molecule has 6 fully saturated rings. The summed E-state index contributed by atoms with van der Waals surface area (Å²) in [4.78, 5) is 11.5. The minimum absolute atomic E-state index is 0.00842. The van der Waals surface area contributed by atoms with Crippen LogP contribution in [-0.2, 0) is 20.4 Å². The van der Waals surface area contributed by atoms with Crippen LogP contribution < -0.4 is 9.47 Å². The zero-order valence-corrected chi connectivity index (χ0v) is 33.9. The molecule has 57 heavy (non-hydrogen) atoms. The Hall–Kier alpha value is -4.71. The van der Waals surface area contributed by atoms with E-state index in [1.54, 1.807) is 0 Å². The van der Waals surface area contributed by atoms with E-state index >= 15 is 0 Å². The molecule has 0 radical (unpaired) electrons. The van der Waals surface area contributed by atoms with Crippen molar-refractivity contribution >= 4 is 40.5 Å². The van der Waals surface area contributed by atoms with Crippen LogP contribution in [0.2, 0.25) is 10.0 Å². The van der Waals surface area contributed by atoms with Gasteiger partial charge in [-0.1, -0.05) is 35.3 Å². The number of fused-ring (bicyclic) bond motifs is 8. The van der Waals surface area contributed by atoms with E-state index in [0.717, 1.165) is 106 Å². The van der Waals surface area contributed by atoms with Crippen LogP contribution in [0.1, 0.15) is 107 Å². The van der Waals surface area contributed by atoms with Gasteiger partial charge in [0.2, 0.25) is 11.3 Å². The van der Waals surface area contributed by atoms with Crippen LogP contribution >= 0.6 is 23.2 Å². The number of rotatable bonds is 7. The van der Waals surface area contributed by atoms with Gasteiger partial charge in [0.25, 0.3) is 0 Å². The van der Waals surface area contributed by atoms with E-state index in [4.69, 9.17) is 37.4 Å². The largest absolute Gasteiger partial charge is 0.459 e. The minimum Gasteiger partial charge on any atom is -0.459 e. The molecule has 0 unspecified atom stereocenters. The third-order valence-corrected chi connectivity index (χ3v) is 14.2. The van der Waals surface area contributed by atoms with Crippen molar-refractivity contribution in [3.8, 4) is 23.0 Å². The first kappa shape index (κ1) is 37.8. The molecule has 6 aliphatic rings. The van der Waals surface area contributed by atoms with Crippen molar-refractivity contribution in [1.29, 1.82) is 0 Å². The van der Waals surface area contributed by atoms with Gasteiger partial charge in [-0.05, 0) is 139 Å². The fourth-order valence-corrected chi connectivity index (χ4v) is 10.1. The number of hydrogen-bond donors (Lipinski definition) is 1. The van der Waals surface area contributed by atoms with E-state index in [1.807, 2.05) is 86.9 Å². The lowest BCUT2D eigenvalue weighted by Crippen LogP contribution is -2.51. The summed E-state index contributed by atoms with van der Waals surface area (Å²) in [6.45, 7) is 5.38. The van der Waals surface area contributed by atoms with Gasteiger partial charge in [0, 0.05) is 51.3 Å². The number of benzene rings is 2. The number of halogens is 2. The van der Waals surface area contributed by atoms with Crippen LogP contribution in [0.15, 0.2) is 73.1 Å². The molecule has 296 valence electrons. The third-order valence-electron chi connectivity index (χ3n) is 13.4. The maximum absolute atomic E-state index is 11.5. The van der Waals surface area contributed by atoms with Crippen molar-refractivity contribution in [2.45, 2.75) is 120 Å². The topological polar surface area (TPSA) is 125 Å². The maximum Gasteiger partial charge on any atom is 0.303 e. The molecule has 4 aromatic heterocycles. The Morgan fingerprint density at radius 2 is 1.00 bits per heavy atom. The Morgan fingerprint density at radius 3 is 1.42 bits per heavy atom. The summed E-state index contributed by atoms with van der Waals surface area (Å²) in [6, 6.07) is 19.0. The molecule has 2 aromatic carbocycles. The second-order valence-corrected chi connectivity index (χ2v) is 17.5. The fourth-order valence-electron chi connectivity index (χ4n) is 9.75. The lowest BCUT2D eigenvalue weighted by atomic mass is 9.58. The summed E-state index contributed by atoms with van der Waals surface area (Å²) in [5.74, 6) is 4.53. The highest BCUT2D eigenvalue weighted by Crippen LogP contribution is 2.55.